The van der Waals surface area contributed by atoms with Crippen molar-refractivity contribution in [1.29, 1.82) is 5.26 Å². The second-order valence-electron chi connectivity index (χ2n) is 7.73. The molecule has 1 N–H and O–H groups in total. The molecule has 180 valence electrons. The minimum atomic E-state index is -0.605. The molecule has 0 atom stereocenters. The van der Waals surface area contributed by atoms with E-state index in [-0.39, 0.29) is 29.2 Å². The average Bonchev–Trinajstić information content (AvgIpc) is 2.84. The number of aryl methyl sites for hydroxylation is 2. The molecular formula is C25H24N4O6. The number of aromatic nitrogens is 1. The molecule has 0 fully saturated rings. The van der Waals surface area contributed by atoms with Crippen LogP contribution in [-0.2, 0) is 13.0 Å². The Hall–Kier alpha value is -4.65. The summed E-state index contributed by atoms with van der Waals surface area (Å²) in [6.07, 6.45) is 1.73. The molecule has 3 rings (SSSR count). The minimum absolute atomic E-state index is 0.0593. The van der Waals surface area contributed by atoms with Crippen LogP contribution in [0.15, 0.2) is 46.2 Å². The number of methoxy groups -OCH3 is 2. The number of rotatable bonds is 8. The molecule has 1 aromatic heterocycles. The van der Waals surface area contributed by atoms with Gasteiger partial charge in [-0.3, -0.25) is 24.5 Å². The van der Waals surface area contributed by atoms with E-state index >= 15 is 0 Å². The second kappa shape index (κ2) is 10.5. The monoisotopic (exact) mass is 476 g/mol. The maximum Gasteiger partial charge on any atom is 0.271 e. The van der Waals surface area contributed by atoms with Crippen LogP contribution in [0.1, 0.15) is 27.8 Å². The van der Waals surface area contributed by atoms with Crippen molar-refractivity contribution in [3.05, 3.63) is 84.7 Å². The summed E-state index contributed by atoms with van der Waals surface area (Å²) in [6, 6.07) is 11.5. The maximum absolute atomic E-state index is 12.9. The zero-order valence-electron chi connectivity index (χ0n) is 19.7. The van der Waals surface area contributed by atoms with Crippen LogP contribution in [0.4, 0.5) is 11.4 Å². The van der Waals surface area contributed by atoms with Gasteiger partial charge in [0.1, 0.15) is 11.6 Å². The normalized spacial score (nSPS) is 10.8. The molecule has 0 aliphatic carbocycles. The van der Waals surface area contributed by atoms with Gasteiger partial charge in [0.15, 0.2) is 11.5 Å². The van der Waals surface area contributed by atoms with E-state index in [0.29, 0.717) is 34.7 Å². The van der Waals surface area contributed by atoms with Gasteiger partial charge in [-0.25, -0.2) is 0 Å². The van der Waals surface area contributed by atoms with Crippen molar-refractivity contribution < 1.29 is 19.5 Å². The standard InChI is InChI=1S/C25H24N4O6/c1-15-11-18(29(32)33)6-7-21(15)27-14-20-16(2)19(13-26)24(30)28(25(20)31)10-9-17-5-8-22(34-3)23(12-17)35-4/h5-8,11-12,14,31H,9-10H2,1-4H3. The predicted octanol–water partition coefficient (Wildman–Crippen LogP) is 3.96. The molecule has 3 aromatic rings. The highest BCUT2D eigenvalue weighted by Crippen LogP contribution is 2.29. The number of nitriles is 1. The van der Waals surface area contributed by atoms with Gasteiger partial charge in [0.05, 0.1) is 30.4 Å². The lowest BCUT2D eigenvalue weighted by Crippen LogP contribution is -2.26. The first-order valence-corrected chi connectivity index (χ1v) is 10.6. The number of nitro groups is 1. The lowest BCUT2D eigenvalue weighted by molar-refractivity contribution is -0.384. The van der Waals surface area contributed by atoms with Gasteiger partial charge in [0.2, 0.25) is 5.88 Å². The highest BCUT2D eigenvalue weighted by Gasteiger charge is 2.18. The first-order chi connectivity index (χ1) is 16.7. The van der Waals surface area contributed by atoms with Crippen LogP contribution in [0.25, 0.3) is 0 Å². The number of aliphatic imine (C=N–C) groups is 1. The number of nitro benzene ring substituents is 1. The van der Waals surface area contributed by atoms with Gasteiger partial charge in [-0.1, -0.05) is 6.07 Å². The Bertz CT molecular complexity index is 1420. The molecule has 0 saturated heterocycles. The number of ether oxygens (including phenoxy) is 2. The highest BCUT2D eigenvalue weighted by molar-refractivity contribution is 5.87. The molecule has 0 saturated carbocycles. The van der Waals surface area contributed by atoms with Crippen LogP contribution in [0.2, 0.25) is 0 Å². The van der Waals surface area contributed by atoms with Gasteiger partial charge in [0, 0.05) is 24.9 Å². The van der Waals surface area contributed by atoms with E-state index in [1.807, 2.05) is 12.1 Å². The summed E-state index contributed by atoms with van der Waals surface area (Å²) >= 11 is 0. The number of aromatic hydroxyl groups is 1. The number of non-ortho nitro benzene ring substituents is 1. The minimum Gasteiger partial charge on any atom is -0.494 e. The fourth-order valence-corrected chi connectivity index (χ4v) is 3.64. The maximum atomic E-state index is 12.9. The van der Waals surface area contributed by atoms with E-state index in [2.05, 4.69) is 4.99 Å². The summed E-state index contributed by atoms with van der Waals surface area (Å²) in [7, 11) is 3.06. The fourth-order valence-electron chi connectivity index (χ4n) is 3.64. The summed E-state index contributed by atoms with van der Waals surface area (Å²) < 4.78 is 11.7. The van der Waals surface area contributed by atoms with E-state index in [0.717, 1.165) is 10.1 Å². The Morgan fingerprint density at radius 3 is 2.49 bits per heavy atom. The zero-order valence-corrected chi connectivity index (χ0v) is 19.7. The molecule has 0 aliphatic heterocycles. The van der Waals surface area contributed by atoms with E-state index in [4.69, 9.17) is 9.47 Å². The summed E-state index contributed by atoms with van der Waals surface area (Å²) in [5.41, 5.74) is 1.60. The van der Waals surface area contributed by atoms with Crippen molar-refractivity contribution in [3.63, 3.8) is 0 Å². The molecule has 0 radical (unpaired) electrons. The smallest absolute Gasteiger partial charge is 0.271 e. The Labute approximate surface area is 201 Å². The van der Waals surface area contributed by atoms with Crippen molar-refractivity contribution >= 4 is 17.6 Å². The zero-order chi connectivity index (χ0) is 25.7. The number of pyridine rings is 1. The largest absolute Gasteiger partial charge is 0.494 e. The summed E-state index contributed by atoms with van der Waals surface area (Å²) in [5, 5.41) is 31.5. The van der Waals surface area contributed by atoms with Gasteiger partial charge in [-0.05, 0) is 55.2 Å². The molecule has 2 aromatic carbocycles. The summed E-state index contributed by atoms with van der Waals surface area (Å²) in [4.78, 5) is 27.7. The lowest BCUT2D eigenvalue weighted by atomic mass is 10.1. The fraction of sp³-hybridized carbons (Fsp3) is 0.240. The van der Waals surface area contributed by atoms with Crippen molar-refractivity contribution in [3.8, 4) is 23.4 Å². The van der Waals surface area contributed by atoms with Crippen molar-refractivity contribution in [2.45, 2.75) is 26.8 Å². The van der Waals surface area contributed by atoms with E-state index in [1.165, 1.54) is 38.6 Å². The van der Waals surface area contributed by atoms with Gasteiger partial charge in [-0.2, -0.15) is 5.26 Å². The van der Waals surface area contributed by atoms with Gasteiger partial charge in [0.25, 0.3) is 11.2 Å². The molecule has 0 amide bonds. The highest BCUT2D eigenvalue weighted by atomic mass is 16.6. The molecule has 10 nitrogen and oxygen atoms in total. The molecule has 10 heteroatoms. The Balaban J connectivity index is 1.99. The first-order valence-electron chi connectivity index (χ1n) is 10.6. The number of hydrogen-bond acceptors (Lipinski definition) is 8. The SMILES string of the molecule is COc1ccc(CCn2c(O)c(C=Nc3ccc([N+](=O)[O-])cc3C)c(C)c(C#N)c2=O)cc1OC. The number of nitrogens with zero attached hydrogens (tertiary/aromatic N) is 4. The summed E-state index contributed by atoms with van der Waals surface area (Å²) in [5.74, 6) is 0.781. The van der Waals surface area contributed by atoms with Crippen molar-refractivity contribution in [2.24, 2.45) is 4.99 Å². The summed E-state index contributed by atoms with van der Waals surface area (Å²) in [6.45, 7) is 3.34. The molecule has 1 heterocycles. The Kier molecular flexibility index (Phi) is 7.51. The van der Waals surface area contributed by atoms with E-state index in [9.17, 15) is 25.3 Å². The average molecular weight is 476 g/mol. The van der Waals surface area contributed by atoms with Gasteiger partial charge in [-0.15, -0.1) is 0 Å². The first kappa shape index (κ1) is 25.0. The number of hydrogen-bond donors (Lipinski definition) is 1. The lowest BCUT2D eigenvalue weighted by Gasteiger charge is -2.15. The quantitative estimate of drug-likeness (QED) is 0.295. The van der Waals surface area contributed by atoms with Crippen LogP contribution in [0.5, 0.6) is 17.4 Å². The third-order valence-corrected chi connectivity index (χ3v) is 5.64. The van der Waals surface area contributed by atoms with Crippen molar-refractivity contribution in [1.82, 2.24) is 4.57 Å². The van der Waals surface area contributed by atoms with Gasteiger partial charge < -0.3 is 14.6 Å². The van der Waals surface area contributed by atoms with Gasteiger partial charge >= 0.3 is 0 Å². The van der Waals surface area contributed by atoms with Crippen LogP contribution < -0.4 is 15.0 Å². The molecule has 35 heavy (non-hydrogen) atoms. The van der Waals surface area contributed by atoms with Crippen LogP contribution in [0, 0.1) is 35.3 Å². The molecule has 0 bridgehead atoms. The van der Waals surface area contributed by atoms with Crippen LogP contribution in [0.3, 0.4) is 0 Å². The van der Waals surface area contributed by atoms with Crippen LogP contribution >= 0.6 is 0 Å². The molecule has 0 spiro atoms. The molecule has 0 unspecified atom stereocenters. The van der Waals surface area contributed by atoms with Crippen LogP contribution in [-0.4, -0.2) is 35.0 Å². The molecule has 0 aliphatic rings. The topological polar surface area (TPSA) is 140 Å². The third kappa shape index (κ3) is 5.14. The second-order valence-corrected chi connectivity index (χ2v) is 7.73. The Morgan fingerprint density at radius 1 is 1.17 bits per heavy atom. The van der Waals surface area contributed by atoms with E-state index in [1.54, 1.807) is 26.0 Å². The predicted molar refractivity (Wildman–Crippen MR) is 130 cm³/mol. The third-order valence-electron chi connectivity index (χ3n) is 5.64. The van der Waals surface area contributed by atoms with Crippen molar-refractivity contribution in [2.75, 3.05) is 14.2 Å². The number of benzene rings is 2. The molecular weight excluding hydrogens is 452 g/mol. The Morgan fingerprint density at radius 2 is 1.89 bits per heavy atom. The van der Waals surface area contributed by atoms with E-state index < -0.39 is 10.5 Å².